The summed E-state index contributed by atoms with van der Waals surface area (Å²) in [6.07, 6.45) is 0.735. The number of benzene rings is 1. The molecule has 1 atom stereocenters. The summed E-state index contributed by atoms with van der Waals surface area (Å²) in [5.41, 5.74) is 6.40. The van der Waals surface area contributed by atoms with Gasteiger partial charge in [-0.25, -0.2) is 0 Å². The van der Waals surface area contributed by atoms with Crippen LogP contribution in [0.15, 0.2) is 29.4 Å². The highest BCUT2D eigenvalue weighted by Gasteiger charge is 2.10. The normalized spacial score (nSPS) is 13.6. The van der Waals surface area contributed by atoms with Crippen molar-refractivity contribution in [1.82, 2.24) is 0 Å². The number of nitrogens with two attached hydrogens (primary N) is 1. The second kappa shape index (κ2) is 5.46. The Balaban J connectivity index is 2.71. The standard InChI is InChI=1S/C10H14ClN3O/c1-2-9(10(12)14-15)13-8-5-3-7(11)4-6-8/h3-6,9,13,15H,2H2,1H3,(H2,12,14). The molecular weight excluding hydrogens is 214 g/mol. The van der Waals surface area contributed by atoms with Crippen LogP contribution in [0, 0.1) is 0 Å². The quantitative estimate of drug-likeness (QED) is 0.320. The maximum absolute atomic E-state index is 8.56. The molecular formula is C10H14ClN3O. The van der Waals surface area contributed by atoms with Gasteiger partial charge in [0.1, 0.15) is 0 Å². The van der Waals surface area contributed by atoms with E-state index in [9.17, 15) is 0 Å². The molecule has 0 saturated heterocycles. The van der Waals surface area contributed by atoms with Crippen molar-refractivity contribution in [2.75, 3.05) is 5.32 Å². The number of amidine groups is 1. The van der Waals surface area contributed by atoms with Gasteiger partial charge in [-0.05, 0) is 30.7 Å². The maximum Gasteiger partial charge on any atom is 0.161 e. The predicted molar refractivity (Wildman–Crippen MR) is 62.6 cm³/mol. The fourth-order valence-corrected chi connectivity index (χ4v) is 1.33. The minimum absolute atomic E-state index is 0.170. The molecule has 0 spiro atoms. The van der Waals surface area contributed by atoms with Crippen LogP contribution in [0.1, 0.15) is 13.3 Å². The zero-order chi connectivity index (χ0) is 11.3. The monoisotopic (exact) mass is 227 g/mol. The van der Waals surface area contributed by atoms with E-state index in [-0.39, 0.29) is 11.9 Å². The molecule has 1 unspecified atom stereocenters. The van der Waals surface area contributed by atoms with Gasteiger partial charge in [0.2, 0.25) is 0 Å². The van der Waals surface area contributed by atoms with Gasteiger partial charge in [-0.1, -0.05) is 23.7 Å². The summed E-state index contributed by atoms with van der Waals surface area (Å²) < 4.78 is 0. The SMILES string of the molecule is CCC(Nc1ccc(Cl)cc1)C(N)=NO. The molecule has 1 aromatic rings. The van der Waals surface area contributed by atoms with Gasteiger partial charge in [-0.2, -0.15) is 0 Å². The molecule has 82 valence electrons. The number of rotatable bonds is 4. The summed E-state index contributed by atoms with van der Waals surface area (Å²) in [6.45, 7) is 1.95. The average molecular weight is 228 g/mol. The summed E-state index contributed by atoms with van der Waals surface area (Å²) in [4.78, 5) is 0. The van der Waals surface area contributed by atoms with E-state index in [2.05, 4.69) is 10.5 Å². The number of nitrogens with one attached hydrogen (secondary N) is 1. The number of hydrogen-bond acceptors (Lipinski definition) is 3. The fourth-order valence-electron chi connectivity index (χ4n) is 1.20. The fraction of sp³-hybridized carbons (Fsp3) is 0.300. The van der Waals surface area contributed by atoms with E-state index in [4.69, 9.17) is 22.5 Å². The maximum atomic E-state index is 8.56. The van der Waals surface area contributed by atoms with Gasteiger partial charge in [0, 0.05) is 10.7 Å². The first kappa shape index (κ1) is 11.7. The highest BCUT2D eigenvalue weighted by Crippen LogP contribution is 2.14. The molecule has 0 fully saturated rings. The first-order valence-electron chi connectivity index (χ1n) is 4.67. The Morgan fingerprint density at radius 3 is 2.60 bits per heavy atom. The molecule has 5 heteroatoms. The molecule has 4 nitrogen and oxygen atoms in total. The Labute approximate surface area is 93.7 Å². The van der Waals surface area contributed by atoms with Crippen LogP contribution in [-0.4, -0.2) is 17.1 Å². The number of anilines is 1. The van der Waals surface area contributed by atoms with Crippen molar-refractivity contribution in [3.05, 3.63) is 29.3 Å². The van der Waals surface area contributed by atoms with Crippen LogP contribution >= 0.6 is 11.6 Å². The Kier molecular flexibility index (Phi) is 4.24. The molecule has 0 aliphatic carbocycles. The van der Waals surface area contributed by atoms with Crippen LogP contribution in [0.4, 0.5) is 5.69 Å². The number of nitrogens with zero attached hydrogens (tertiary/aromatic N) is 1. The van der Waals surface area contributed by atoms with Gasteiger partial charge in [0.25, 0.3) is 0 Å². The van der Waals surface area contributed by atoms with Crippen molar-refractivity contribution in [1.29, 1.82) is 0 Å². The lowest BCUT2D eigenvalue weighted by Gasteiger charge is -2.16. The van der Waals surface area contributed by atoms with Gasteiger partial charge in [-0.15, -0.1) is 0 Å². The summed E-state index contributed by atoms with van der Waals surface area (Å²) in [5, 5.41) is 15.3. The van der Waals surface area contributed by atoms with Crippen molar-refractivity contribution < 1.29 is 5.21 Å². The lowest BCUT2D eigenvalue weighted by molar-refractivity contribution is 0.316. The lowest BCUT2D eigenvalue weighted by atomic mass is 10.2. The zero-order valence-electron chi connectivity index (χ0n) is 8.44. The van der Waals surface area contributed by atoms with E-state index in [1.165, 1.54) is 0 Å². The molecule has 0 saturated carbocycles. The first-order chi connectivity index (χ1) is 7.17. The Hall–Kier alpha value is -1.42. The molecule has 0 radical (unpaired) electrons. The summed E-state index contributed by atoms with van der Waals surface area (Å²) in [5.74, 6) is 0.174. The third kappa shape index (κ3) is 3.32. The second-order valence-corrected chi connectivity index (χ2v) is 3.57. The average Bonchev–Trinajstić information content (AvgIpc) is 2.27. The molecule has 0 aliphatic rings. The van der Waals surface area contributed by atoms with Crippen LogP contribution in [-0.2, 0) is 0 Å². The highest BCUT2D eigenvalue weighted by molar-refractivity contribution is 6.30. The van der Waals surface area contributed by atoms with Gasteiger partial charge < -0.3 is 16.3 Å². The van der Waals surface area contributed by atoms with Crippen LogP contribution < -0.4 is 11.1 Å². The van der Waals surface area contributed by atoms with Crippen molar-refractivity contribution in [3.8, 4) is 0 Å². The molecule has 1 aromatic carbocycles. The van der Waals surface area contributed by atoms with Crippen molar-refractivity contribution in [2.24, 2.45) is 10.9 Å². The van der Waals surface area contributed by atoms with Gasteiger partial charge in [0.05, 0.1) is 6.04 Å². The van der Waals surface area contributed by atoms with Crippen LogP contribution in [0.25, 0.3) is 0 Å². The third-order valence-electron chi connectivity index (χ3n) is 2.07. The van der Waals surface area contributed by atoms with E-state index in [0.717, 1.165) is 12.1 Å². The van der Waals surface area contributed by atoms with Crippen LogP contribution in [0.5, 0.6) is 0 Å². The highest BCUT2D eigenvalue weighted by atomic mass is 35.5. The van der Waals surface area contributed by atoms with E-state index in [1.807, 2.05) is 19.1 Å². The van der Waals surface area contributed by atoms with E-state index in [1.54, 1.807) is 12.1 Å². The topological polar surface area (TPSA) is 70.6 Å². The molecule has 0 heterocycles. The largest absolute Gasteiger partial charge is 0.409 e. The predicted octanol–water partition coefficient (Wildman–Crippen LogP) is 2.28. The second-order valence-electron chi connectivity index (χ2n) is 3.14. The van der Waals surface area contributed by atoms with Gasteiger partial charge in [0.15, 0.2) is 5.84 Å². The van der Waals surface area contributed by atoms with Gasteiger partial charge >= 0.3 is 0 Å². The molecule has 0 aromatic heterocycles. The summed E-state index contributed by atoms with van der Waals surface area (Å²) >= 11 is 5.76. The van der Waals surface area contributed by atoms with E-state index >= 15 is 0 Å². The minimum Gasteiger partial charge on any atom is -0.409 e. The van der Waals surface area contributed by atoms with Crippen LogP contribution in [0.3, 0.4) is 0 Å². The number of hydrogen-bond donors (Lipinski definition) is 3. The summed E-state index contributed by atoms with van der Waals surface area (Å²) in [6, 6.07) is 7.08. The molecule has 15 heavy (non-hydrogen) atoms. The number of oxime groups is 1. The van der Waals surface area contributed by atoms with Gasteiger partial charge in [-0.3, -0.25) is 0 Å². The molecule has 4 N–H and O–H groups in total. The summed E-state index contributed by atoms with van der Waals surface area (Å²) in [7, 11) is 0. The molecule has 0 bridgehead atoms. The zero-order valence-corrected chi connectivity index (χ0v) is 9.20. The van der Waals surface area contributed by atoms with Crippen molar-refractivity contribution >= 4 is 23.1 Å². The molecule has 0 aliphatic heterocycles. The van der Waals surface area contributed by atoms with Crippen molar-refractivity contribution in [3.63, 3.8) is 0 Å². The smallest absolute Gasteiger partial charge is 0.161 e. The van der Waals surface area contributed by atoms with E-state index < -0.39 is 0 Å². The lowest BCUT2D eigenvalue weighted by Crippen LogP contribution is -2.35. The first-order valence-corrected chi connectivity index (χ1v) is 5.04. The number of halogens is 1. The van der Waals surface area contributed by atoms with Crippen molar-refractivity contribution in [2.45, 2.75) is 19.4 Å². The Morgan fingerprint density at radius 2 is 2.13 bits per heavy atom. The molecule has 1 rings (SSSR count). The minimum atomic E-state index is -0.170. The Bertz CT molecular complexity index is 337. The van der Waals surface area contributed by atoms with Crippen LogP contribution in [0.2, 0.25) is 5.02 Å². The van der Waals surface area contributed by atoms with E-state index in [0.29, 0.717) is 5.02 Å². The Morgan fingerprint density at radius 1 is 1.53 bits per heavy atom. The third-order valence-corrected chi connectivity index (χ3v) is 2.32. The molecule has 0 amide bonds.